The van der Waals surface area contributed by atoms with Crippen LogP contribution in [0.25, 0.3) is 0 Å². The third-order valence-electron chi connectivity index (χ3n) is 5.79. The Hall–Kier alpha value is -2.10. The van der Waals surface area contributed by atoms with Crippen molar-refractivity contribution >= 4 is 28.9 Å². The van der Waals surface area contributed by atoms with Crippen molar-refractivity contribution in [2.45, 2.75) is 71.4 Å². The number of rotatable bonds is 5. The fourth-order valence-electron chi connectivity index (χ4n) is 4.27. The van der Waals surface area contributed by atoms with Gasteiger partial charge in [-0.2, -0.15) is 0 Å². The number of morpholine rings is 1. The van der Waals surface area contributed by atoms with Gasteiger partial charge >= 0.3 is 5.97 Å². The highest BCUT2D eigenvalue weighted by Gasteiger charge is 2.42. The first kappa shape index (κ1) is 23.6. The first-order chi connectivity index (χ1) is 14.7. The average Bonchev–Trinajstić information content (AvgIpc) is 3.17. The highest BCUT2D eigenvalue weighted by Crippen LogP contribution is 2.39. The van der Waals surface area contributed by atoms with Crippen molar-refractivity contribution < 1.29 is 19.1 Å². The largest absolute Gasteiger partial charge is 0.465 e. The summed E-state index contributed by atoms with van der Waals surface area (Å²) in [7, 11) is 1.37. The molecular weight excluding hydrogens is 410 g/mol. The molecule has 1 saturated heterocycles. The predicted octanol–water partition coefficient (Wildman–Crippen LogP) is 5.19. The molecule has 1 aliphatic heterocycles. The molecule has 1 amide bonds. The molecule has 1 aliphatic carbocycles. The normalized spacial score (nSPS) is 22.6. The van der Waals surface area contributed by atoms with Crippen LogP contribution in [-0.4, -0.2) is 37.7 Å². The molecule has 2 heterocycles. The lowest BCUT2D eigenvalue weighted by Gasteiger charge is -2.43. The maximum Gasteiger partial charge on any atom is 0.350 e. The minimum atomic E-state index is -0.577. The number of hydrogen-bond donors (Lipinski definition) is 0. The van der Waals surface area contributed by atoms with Gasteiger partial charge in [-0.15, -0.1) is 17.9 Å². The Labute approximate surface area is 189 Å². The number of methoxy groups -OCH3 is 1. The lowest BCUT2D eigenvalue weighted by Crippen LogP contribution is -2.57. The van der Waals surface area contributed by atoms with Crippen LogP contribution in [0.1, 0.15) is 73.8 Å². The van der Waals surface area contributed by atoms with Crippen molar-refractivity contribution in [3.8, 4) is 11.8 Å². The Kier molecular flexibility index (Phi) is 7.61. The van der Waals surface area contributed by atoms with Gasteiger partial charge < -0.3 is 14.4 Å². The quantitative estimate of drug-likeness (QED) is 0.357. The minimum Gasteiger partial charge on any atom is -0.465 e. The maximum atomic E-state index is 13.5. The lowest BCUT2D eigenvalue weighted by atomic mass is 9.82. The third kappa shape index (κ3) is 5.58. The molecule has 2 fully saturated rings. The summed E-state index contributed by atoms with van der Waals surface area (Å²) in [5.41, 5.74) is 0.442. The second-order valence-corrected chi connectivity index (χ2v) is 10.4. The Morgan fingerprint density at radius 3 is 2.68 bits per heavy atom. The fraction of sp³-hybridized carbons (Fsp3) is 0.600. The molecule has 31 heavy (non-hydrogen) atoms. The molecule has 6 heteroatoms. The topological polar surface area (TPSA) is 55.8 Å². The predicted molar refractivity (Wildman–Crippen MR) is 124 cm³/mol. The van der Waals surface area contributed by atoms with E-state index in [-0.39, 0.29) is 17.4 Å². The van der Waals surface area contributed by atoms with E-state index in [0.717, 1.165) is 30.6 Å². The van der Waals surface area contributed by atoms with Crippen LogP contribution in [-0.2, 0) is 14.3 Å². The van der Waals surface area contributed by atoms with Gasteiger partial charge in [0.15, 0.2) is 0 Å². The van der Waals surface area contributed by atoms with E-state index in [4.69, 9.17) is 9.47 Å². The van der Waals surface area contributed by atoms with Gasteiger partial charge in [0.2, 0.25) is 0 Å². The van der Waals surface area contributed by atoms with E-state index < -0.39 is 12.1 Å². The molecular formula is C25H33NO4S. The summed E-state index contributed by atoms with van der Waals surface area (Å²) in [5.74, 6) is 6.21. The molecule has 1 unspecified atom stereocenters. The molecule has 2 aliphatic rings. The zero-order valence-electron chi connectivity index (χ0n) is 19.0. The van der Waals surface area contributed by atoms with Gasteiger partial charge in [0.25, 0.3) is 5.91 Å². The van der Waals surface area contributed by atoms with E-state index in [1.54, 1.807) is 6.08 Å². The van der Waals surface area contributed by atoms with Gasteiger partial charge in [0.1, 0.15) is 11.0 Å². The van der Waals surface area contributed by atoms with Crippen LogP contribution in [0.15, 0.2) is 18.7 Å². The SMILES string of the molecule is C=CCC1OC[C@@H](C2CCCCC2)N(c2cc(C#CC(C)(C)C)sc2C(=O)OC)C1=O. The van der Waals surface area contributed by atoms with E-state index in [0.29, 0.717) is 29.5 Å². The van der Waals surface area contributed by atoms with Gasteiger partial charge in [0, 0.05) is 11.8 Å². The van der Waals surface area contributed by atoms with Crippen LogP contribution in [0.2, 0.25) is 0 Å². The monoisotopic (exact) mass is 443 g/mol. The molecule has 5 nitrogen and oxygen atoms in total. The summed E-state index contributed by atoms with van der Waals surface area (Å²) < 4.78 is 11.0. The first-order valence-corrected chi connectivity index (χ1v) is 11.9. The highest BCUT2D eigenvalue weighted by molar-refractivity contribution is 7.15. The van der Waals surface area contributed by atoms with Crippen LogP contribution in [0.5, 0.6) is 0 Å². The molecule has 0 N–H and O–H groups in total. The van der Waals surface area contributed by atoms with E-state index >= 15 is 0 Å². The number of anilines is 1. The second-order valence-electron chi connectivity index (χ2n) is 9.34. The summed E-state index contributed by atoms with van der Waals surface area (Å²) in [4.78, 5) is 29.2. The minimum absolute atomic E-state index is 0.0877. The van der Waals surface area contributed by atoms with Gasteiger partial charge in [-0.05, 0) is 45.6 Å². The molecule has 0 radical (unpaired) electrons. The zero-order valence-corrected chi connectivity index (χ0v) is 19.8. The fourth-order valence-corrected chi connectivity index (χ4v) is 5.19. The van der Waals surface area contributed by atoms with E-state index in [1.807, 2.05) is 31.7 Å². The van der Waals surface area contributed by atoms with Crippen molar-refractivity contribution in [2.75, 3.05) is 18.6 Å². The van der Waals surface area contributed by atoms with E-state index in [9.17, 15) is 9.59 Å². The number of thiophene rings is 1. The van der Waals surface area contributed by atoms with Crippen LogP contribution in [0, 0.1) is 23.2 Å². The summed E-state index contributed by atoms with van der Waals surface area (Å²) in [6.45, 7) is 10.4. The molecule has 0 bridgehead atoms. The van der Waals surface area contributed by atoms with Gasteiger partial charge in [-0.1, -0.05) is 37.2 Å². The van der Waals surface area contributed by atoms with Gasteiger partial charge in [-0.3, -0.25) is 4.79 Å². The number of carbonyl (C=O) groups is 2. The molecule has 168 valence electrons. The molecule has 0 aromatic carbocycles. The molecule has 0 spiro atoms. The van der Waals surface area contributed by atoms with Crippen LogP contribution < -0.4 is 4.90 Å². The van der Waals surface area contributed by atoms with Crippen molar-refractivity contribution in [1.82, 2.24) is 0 Å². The van der Waals surface area contributed by atoms with Crippen molar-refractivity contribution in [3.63, 3.8) is 0 Å². The van der Waals surface area contributed by atoms with Crippen molar-refractivity contribution in [1.29, 1.82) is 0 Å². The molecule has 1 saturated carbocycles. The van der Waals surface area contributed by atoms with Gasteiger partial charge in [-0.25, -0.2) is 4.79 Å². The van der Waals surface area contributed by atoms with Crippen molar-refractivity contribution in [2.24, 2.45) is 11.3 Å². The Bertz CT molecular complexity index is 880. The summed E-state index contributed by atoms with van der Waals surface area (Å²) in [6, 6.07) is 1.79. The Morgan fingerprint density at radius 1 is 1.35 bits per heavy atom. The average molecular weight is 444 g/mol. The second kappa shape index (κ2) is 10.0. The smallest absolute Gasteiger partial charge is 0.350 e. The number of carbonyl (C=O) groups excluding carboxylic acids is 2. The molecule has 3 rings (SSSR count). The lowest BCUT2D eigenvalue weighted by molar-refractivity contribution is -0.137. The number of nitrogens with zero attached hydrogens (tertiary/aromatic N) is 1. The zero-order chi connectivity index (χ0) is 22.6. The Balaban J connectivity index is 2.06. The van der Waals surface area contributed by atoms with E-state index in [1.165, 1.54) is 24.9 Å². The van der Waals surface area contributed by atoms with Crippen molar-refractivity contribution in [3.05, 3.63) is 28.5 Å². The summed E-state index contributed by atoms with van der Waals surface area (Å²) in [6.07, 6.45) is 7.26. The number of esters is 1. The standard InChI is InChI=1S/C25H33NO4S/c1-6-10-21-23(27)26(20(16-30-21)17-11-8-7-9-12-17)19-15-18(13-14-25(2,3)4)31-22(19)24(28)29-5/h6,15,17,20-21H,1,7-12,16H2,2-5H3/t20-,21?/m0/s1. The summed E-state index contributed by atoms with van der Waals surface area (Å²) >= 11 is 1.29. The van der Waals surface area contributed by atoms with Crippen LogP contribution in [0.3, 0.4) is 0 Å². The van der Waals surface area contributed by atoms with E-state index in [2.05, 4.69) is 18.4 Å². The molecule has 1 aromatic heterocycles. The number of hydrogen-bond acceptors (Lipinski definition) is 5. The number of ether oxygens (including phenoxy) is 2. The van der Waals surface area contributed by atoms with Gasteiger partial charge in [0.05, 0.1) is 30.3 Å². The summed E-state index contributed by atoms with van der Waals surface area (Å²) in [5, 5.41) is 0. The van der Waals surface area contributed by atoms with Crippen LogP contribution >= 0.6 is 11.3 Å². The number of amides is 1. The Morgan fingerprint density at radius 2 is 2.06 bits per heavy atom. The molecule has 2 atom stereocenters. The van der Waals surface area contributed by atoms with Crippen LogP contribution in [0.4, 0.5) is 5.69 Å². The molecule has 1 aromatic rings. The highest BCUT2D eigenvalue weighted by atomic mass is 32.1. The first-order valence-electron chi connectivity index (χ1n) is 11.1. The third-order valence-corrected chi connectivity index (χ3v) is 6.81. The maximum absolute atomic E-state index is 13.5.